The number of rotatable bonds is 1. The van der Waals surface area contributed by atoms with E-state index in [0.29, 0.717) is 0 Å². The number of pyridine rings is 2. The number of aryl methyl sites for hydroxylation is 3. The van der Waals surface area contributed by atoms with Crippen molar-refractivity contribution in [3.8, 4) is 0 Å². The van der Waals surface area contributed by atoms with Crippen molar-refractivity contribution in [3.63, 3.8) is 0 Å². The summed E-state index contributed by atoms with van der Waals surface area (Å²) in [4.78, 5) is 0. The molecular weight excluding hydrogens is 443 g/mol. The highest BCUT2D eigenvalue weighted by atomic mass is 19.1. The topological polar surface area (TPSA) is 8.29 Å². The molecule has 0 unspecified atom stereocenters. The summed E-state index contributed by atoms with van der Waals surface area (Å²) in [5.41, 5.74) is 8.56. The van der Waals surface area contributed by atoms with Gasteiger partial charge in [-0.05, 0) is 71.2 Å². The Morgan fingerprint density at radius 1 is 0.806 bits per heavy atom. The molecule has 0 saturated heterocycles. The van der Waals surface area contributed by atoms with Gasteiger partial charge in [-0.15, -0.1) is 0 Å². The summed E-state index contributed by atoms with van der Waals surface area (Å²) in [5, 5.41) is 8.61. The first-order valence-electron chi connectivity index (χ1n) is 12.8. The average molecular weight is 474 g/mol. The number of hydrogen-bond acceptors (Lipinski definition) is 0. The lowest BCUT2D eigenvalue weighted by molar-refractivity contribution is -0.643. The molecule has 7 aromatic rings. The number of hydrogen-bond donors (Lipinski definition) is 0. The standard InChI is InChI=1S/C33H30FN2/c1-18-7-10-22-25(15-18)19(2)28-31(26(22)17-33(3,4)5)36-27-16-21(34)9-12-23(27)24-11-8-20-13-14-35(6)32(28)29(20)30(24)36/h7-16H,17H2,1-6H3/q+1. The molecule has 178 valence electrons. The number of fused-ring (bicyclic) bond motifs is 7. The molecule has 0 fully saturated rings. The van der Waals surface area contributed by atoms with E-state index in [9.17, 15) is 4.39 Å². The van der Waals surface area contributed by atoms with Crippen LogP contribution < -0.4 is 4.57 Å². The van der Waals surface area contributed by atoms with Crippen LogP contribution in [0.4, 0.5) is 4.39 Å². The Morgan fingerprint density at radius 2 is 1.56 bits per heavy atom. The molecule has 3 heterocycles. The van der Waals surface area contributed by atoms with Crippen molar-refractivity contribution in [2.24, 2.45) is 12.5 Å². The van der Waals surface area contributed by atoms with Crippen LogP contribution in [0.3, 0.4) is 0 Å². The van der Waals surface area contributed by atoms with Gasteiger partial charge in [0.25, 0.3) is 0 Å². The van der Waals surface area contributed by atoms with Crippen LogP contribution >= 0.6 is 0 Å². The molecule has 7 rings (SSSR count). The van der Waals surface area contributed by atoms with E-state index in [1.165, 1.54) is 65.6 Å². The van der Waals surface area contributed by atoms with Crippen molar-refractivity contribution in [2.75, 3.05) is 0 Å². The van der Waals surface area contributed by atoms with Gasteiger partial charge in [-0.2, -0.15) is 0 Å². The van der Waals surface area contributed by atoms with E-state index < -0.39 is 0 Å². The molecule has 0 bridgehead atoms. The highest BCUT2D eigenvalue weighted by Gasteiger charge is 2.28. The first-order chi connectivity index (χ1) is 17.1. The Morgan fingerprint density at radius 3 is 2.33 bits per heavy atom. The summed E-state index contributed by atoms with van der Waals surface area (Å²) >= 11 is 0. The predicted molar refractivity (Wildman–Crippen MR) is 150 cm³/mol. The van der Waals surface area contributed by atoms with Crippen LogP contribution in [0, 0.1) is 25.1 Å². The van der Waals surface area contributed by atoms with E-state index in [-0.39, 0.29) is 11.2 Å². The van der Waals surface area contributed by atoms with Crippen molar-refractivity contribution in [1.82, 2.24) is 4.40 Å². The largest absolute Gasteiger partial charge is 0.307 e. The van der Waals surface area contributed by atoms with Crippen LogP contribution in [-0.2, 0) is 13.5 Å². The summed E-state index contributed by atoms with van der Waals surface area (Å²) < 4.78 is 19.4. The number of nitrogens with zero attached hydrogens (tertiary/aromatic N) is 2. The van der Waals surface area contributed by atoms with Crippen molar-refractivity contribution < 1.29 is 8.96 Å². The predicted octanol–water partition coefficient (Wildman–Crippen LogP) is 8.31. The van der Waals surface area contributed by atoms with E-state index in [1.807, 2.05) is 6.07 Å². The first kappa shape index (κ1) is 21.6. The molecular formula is C33H30FN2+. The van der Waals surface area contributed by atoms with Gasteiger partial charge in [-0.3, -0.25) is 0 Å². The van der Waals surface area contributed by atoms with Gasteiger partial charge in [0.2, 0.25) is 5.52 Å². The van der Waals surface area contributed by atoms with E-state index in [2.05, 4.69) is 93.2 Å². The van der Waals surface area contributed by atoms with Crippen LogP contribution in [-0.4, -0.2) is 4.40 Å². The molecule has 0 saturated carbocycles. The van der Waals surface area contributed by atoms with Crippen LogP contribution in [0.1, 0.15) is 37.5 Å². The zero-order valence-electron chi connectivity index (χ0n) is 21.8. The average Bonchev–Trinajstić information content (AvgIpc) is 3.15. The van der Waals surface area contributed by atoms with Gasteiger partial charge in [-0.25, -0.2) is 8.96 Å². The van der Waals surface area contributed by atoms with Gasteiger partial charge in [0.1, 0.15) is 12.9 Å². The van der Waals surface area contributed by atoms with Crippen LogP contribution in [0.2, 0.25) is 0 Å². The minimum absolute atomic E-state index is 0.0827. The van der Waals surface area contributed by atoms with Crippen molar-refractivity contribution >= 4 is 59.8 Å². The van der Waals surface area contributed by atoms with Crippen LogP contribution in [0.25, 0.3) is 59.8 Å². The molecule has 3 aromatic heterocycles. The molecule has 36 heavy (non-hydrogen) atoms. The number of halogens is 1. The minimum atomic E-state index is -0.200. The SMILES string of the molecule is Cc1ccc2c(CC(C)(C)C)c3c(c(C)c2c1)c1c2c(ccc4c5ccc(F)cc5n3c42)cc[n+]1C. The number of benzene rings is 4. The van der Waals surface area contributed by atoms with Crippen molar-refractivity contribution in [3.05, 3.63) is 83.3 Å². The molecule has 0 atom stereocenters. The Hall–Kier alpha value is -3.72. The Bertz CT molecular complexity index is 2040. The highest BCUT2D eigenvalue weighted by Crippen LogP contribution is 2.45. The fourth-order valence-corrected chi connectivity index (χ4v) is 6.53. The maximum Gasteiger partial charge on any atom is 0.224 e. The Labute approximate surface area is 209 Å². The van der Waals surface area contributed by atoms with E-state index >= 15 is 0 Å². The Kier molecular flexibility index (Phi) is 4.16. The quantitative estimate of drug-likeness (QED) is 0.129. The third kappa shape index (κ3) is 2.74. The van der Waals surface area contributed by atoms with Crippen LogP contribution in [0.15, 0.2) is 60.8 Å². The fourth-order valence-electron chi connectivity index (χ4n) is 6.53. The number of aromatic nitrogens is 2. The lowest BCUT2D eigenvalue weighted by atomic mass is 9.83. The maximum absolute atomic E-state index is 14.8. The van der Waals surface area contributed by atoms with E-state index in [0.717, 1.165) is 17.3 Å². The second-order valence-corrected chi connectivity index (χ2v) is 11.8. The molecule has 0 aliphatic heterocycles. The molecule has 0 N–H and O–H groups in total. The first-order valence-corrected chi connectivity index (χ1v) is 12.8. The monoisotopic (exact) mass is 473 g/mol. The normalized spacial score (nSPS) is 13.0. The molecule has 4 aromatic carbocycles. The van der Waals surface area contributed by atoms with Gasteiger partial charge in [0.15, 0.2) is 6.20 Å². The lowest BCUT2D eigenvalue weighted by Crippen LogP contribution is -2.29. The van der Waals surface area contributed by atoms with Gasteiger partial charge in [0, 0.05) is 16.8 Å². The fraction of sp³-hybridized carbons (Fsp3) is 0.242. The second kappa shape index (κ2) is 6.94. The van der Waals surface area contributed by atoms with E-state index in [4.69, 9.17) is 0 Å². The van der Waals surface area contributed by atoms with Crippen molar-refractivity contribution in [1.29, 1.82) is 0 Å². The van der Waals surface area contributed by atoms with Gasteiger partial charge in [-0.1, -0.05) is 56.7 Å². The smallest absolute Gasteiger partial charge is 0.224 e. The van der Waals surface area contributed by atoms with Gasteiger partial charge in [0.05, 0.1) is 27.3 Å². The van der Waals surface area contributed by atoms with Gasteiger partial charge >= 0.3 is 0 Å². The molecule has 0 spiro atoms. The minimum Gasteiger partial charge on any atom is -0.307 e. The lowest BCUT2D eigenvalue weighted by Gasteiger charge is -2.24. The summed E-state index contributed by atoms with van der Waals surface area (Å²) in [5.74, 6) is -0.200. The Balaban J connectivity index is 1.94. The maximum atomic E-state index is 14.8. The summed E-state index contributed by atoms with van der Waals surface area (Å²) in [6.07, 6.45) is 3.10. The summed E-state index contributed by atoms with van der Waals surface area (Å²) in [6.45, 7) is 11.3. The molecule has 2 nitrogen and oxygen atoms in total. The third-order valence-corrected chi connectivity index (χ3v) is 7.96. The molecule has 0 aliphatic carbocycles. The zero-order valence-corrected chi connectivity index (χ0v) is 21.8. The van der Waals surface area contributed by atoms with Crippen LogP contribution in [0.5, 0.6) is 0 Å². The highest BCUT2D eigenvalue weighted by molar-refractivity contribution is 6.28. The van der Waals surface area contributed by atoms with Gasteiger partial charge < -0.3 is 4.40 Å². The second-order valence-electron chi connectivity index (χ2n) is 11.8. The molecule has 0 radical (unpaired) electrons. The molecule has 3 heteroatoms. The van der Waals surface area contributed by atoms with E-state index in [1.54, 1.807) is 12.1 Å². The summed E-state index contributed by atoms with van der Waals surface area (Å²) in [6, 6.07) is 18.7. The molecule has 0 aliphatic rings. The summed E-state index contributed by atoms with van der Waals surface area (Å²) in [7, 11) is 2.15. The third-order valence-electron chi connectivity index (χ3n) is 7.96. The molecule has 0 amide bonds. The zero-order chi connectivity index (χ0) is 25.1. The van der Waals surface area contributed by atoms with Crippen molar-refractivity contribution in [2.45, 2.75) is 41.0 Å².